The van der Waals surface area contributed by atoms with Gasteiger partial charge in [0.05, 0.1) is 22.5 Å². The number of ketones is 2. The number of hydrogen-bond donors (Lipinski definition) is 4. The first-order chi connectivity index (χ1) is 13.7. The van der Waals surface area contributed by atoms with Gasteiger partial charge in [0.2, 0.25) is 0 Å². The van der Waals surface area contributed by atoms with Crippen LogP contribution in [-0.4, -0.2) is 29.6 Å². The van der Waals surface area contributed by atoms with Crippen LogP contribution in [0.5, 0.6) is 5.75 Å². The zero-order chi connectivity index (χ0) is 20.9. The van der Waals surface area contributed by atoms with Gasteiger partial charge in [-0.3, -0.25) is 14.1 Å². The molecule has 0 atom stereocenters. The summed E-state index contributed by atoms with van der Waals surface area (Å²) in [7, 11) is -4.78. The molecule has 5 N–H and O–H groups in total. The van der Waals surface area contributed by atoms with E-state index in [1.54, 1.807) is 12.1 Å². The van der Waals surface area contributed by atoms with E-state index in [9.17, 15) is 27.7 Å². The molecule has 146 valence electrons. The van der Waals surface area contributed by atoms with Crippen molar-refractivity contribution >= 4 is 38.7 Å². The maximum absolute atomic E-state index is 13.1. The van der Waals surface area contributed by atoms with Crippen molar-refractivity contribution in [2.45, 2.75) is 4.90 Å². The van der Waals surface area contributed by atoms with E-state index >= 15 is 0 Å². The molecular formula is C20H14N2O6S. The number of hydrogen-bond acceptors (Lipinski definition) is 7. The van der Waals surface area contributed by atoms with Crippen LogP contribution >= 0.6 is 0 Å². The Bertz CT molecular complexity index is 1300. The number of fused-ring (bicyclic) bond motifs is 2. The van der Waals surface area contributed by atoms with E-state index in [1.165, 1.54) is 36.4 Å². The number of anilines is 3. The summed E-state index contributed by atoms with van der Waals surface area (Å²) >= 11 is 0. The third kappa shape index (κ3) is 3.02. The molecule has 3 aromatic carbocycles. The predicted molar refractivity (Wildman–Crippen MR) is 105 cm³/mol. The van der Waals surface area contributed by atoms with Gasteiger partial charge in [-0.05, 0) is 30.3 Å². The second-order valence-electron chi connectivity index (χ2n) is 6.44. The molecule has 0 amide bonds. The van der Waals surface area contributed by atoms with Gasteiger partial charge in [-0.1, -0.05) is 24.3 Å². The molecule has 0 heterocycles. The highest BCUT2D eigenvalue weighted by atomic mass is 32.2. The van der Waals surface area contributed by atoms with Gasteiger partial charge in [0, 0.05) is 16.8 Å². The molecule has 4 rings (SSSR count). The molecule has 0 bridgehead atoms. The van der Waals surface area contributed by atoms with Crippen LogP contribution in [0.3, 0.4) is 0 Å². The lowest BCUT2D eigenvalue weighted by Crippen LogP contribution is -2.25. The molecule has 9 heteroatoms. The average molecular weight is 410 g/mol. The highest BCUT2D eigenvalue weighted by Gasteiger charge is 2.36. The van der Waals surface area contributed by atoms with Crippen molar-refractivity contribution in [2.75, 3.05) is 11.1 Å². The van der Waals surface area contributed by atoms with Crippen molar-refractivity contribution < 1.29 is 27.7 Å². The maximum Gasteiger partial charge on any atom is 0.296 e. The maximum atomic E-state index is 13.1. The van der Waals surface area contributed by atoms with Gasteiger partial charge < -0.3 is 16.2 Å². The molecule has 0 radical (unpaired) electrons. The van der Waals surface area contributed by atoms with Crippen LogP contribution in [0.1, 0.15) is 31.8 Å². The summed E-state index contributed by atoms with van der Waals surface area (Å²) in [6, 6.07) is 12.9. The van der Waals surface area contributed by atoms with Crippen LogP contribution in [0.25, 0.3) is 0 Å². The van der Waals surface area contributed by atoms with E-state index in [1.807, 2.05) is 0 Å². The molecule has 29 heavy (non-hydrogen) atoms. The van der Waals surface area contributed by atoms with Gasteiger partial charge >= 0.3 is 0 Å². The first-order valence-corrected chi connectivity index (χ1v) is 9.81. The third-order valence-electron chi connectivity index (χ3n) is 4.62. The van der Waals surface area contributed by atoms with E-state index in [2.05, 4.69) is 5.32 Å². The Labute approximate surface area is 165 Å². The average Bonchev–Trinajstić information content (AvgIpc) is 2.68. The fourth-order valence-electron chi connectivity index (χ4n) is 3.31. The number of nitrogens with one attached hydrogen (secondary N) is 1. The second kappa shape index (κ2) is 6.43. The zero-order valence-corrected chi connectivity index (χ0v) is 15.5. The normalized spacial score (nSPS) is 13.0. The molecule has 0 saturated heterocycles. The lowest BCUT2D eigenvalue weighted by atomic mass is 9.82. The second-order valence-corrected chi connectivity index (χ2v) is 7.83. The summed E-state index contributed by atoms with van der Waals surface area (Å²) in [5, 5.41) is 12.3. The van der Waals surface area contributed by atoms with Crippen LogP contribution in [0.15, 0.2) is 59.5 Å². The summed E-state index contributed by atoms with van der Waals surface area (Å²) in [4.78, 5) is 25.5. The van der Waals surface area contributed by atoms with Crippen LogP contribution in [0.2, 0.25) is 0 Å². The van der Waals surface area contributed by atoms with Crippen molar-refractivity contribution in [2.24, 2.45) is 0 Å². The Hall–Kier alpha value is -3.69. The number of aromatic hydroxyl groups is 1. The first kappa shape index (κ1) is 18.7. The van der Waals surface area contributed by atoms with Crippen LogP contribution < -0.4 is 11.1 Å². The number of benzene rings is 3. The monoisotopic (exact) mass is 410 g/mol. The molecule has 0 spiro atoms. The van der Waals surface area contributed by atoms with E-state index < -0.39 is 32.3 Å². The minimum absolute atomic E-state index is 0.00805. The summed E-state index contributed by atoms with van der Waals surface area (Å²) in [5.41, 5.74) is 5.70. The van der Waals surface area contributed by atoms with Crippen molar-refractivity contribution in [1.29, 1.82) is 0 Å². The Balaban J connectivity index is 2.02. The van der Waals surface area contributed by atoms with E-state index in [-0.39, 0.29) is 33.7 Å². The summed E-state index contributed by atoms with van der Waals surface area (Å²) in [6.45, 7) is 0. The number of rotatable bonds is 3. The summed E-state index contributed by atoms with van der Waals surface area (Å²) in [5.74, 6) is -1.12. The predicted octanol–water partition coefficient (Wildman–Crippen LogP) is 2.74. The van der Waals surface area contributed by atoms with Crippen molar-refractivity contribution in [3.8, 4) is 5.75 Å². The zero-order valence-electron chi connectivity index (χ0n) is 14.7. The van der Waals surface area contributed by atoms with Gasteiger partial charge in [-0.25, -0.2) is 0 Å². The number of nitrogen functional groups attached to an aromatic ring is 1. The largest absolute Gasteiger partial charge is 0.508 e. The molecule has 1 aliphatic rings. The number of phenols is 1. The third-order valence-corrected chi connectivity index (χ3v) is 5.52. The topological polar surface area (TPSA) is 147 Å². The van der Waals surface area contributed by atoms with Crippen molar-refractivity contribution in [1.82, 2.24) is 0 Å². The van der Waals surface area contributed by atoms with E-state index in [0.717, 1.165) is 6.07 Å². The van der Waals surface area contributed by atoms with Gasteiger partial charge in [0.1, 0.15) is 10.6 Å². The quantitative estimate of drug-likeness (QED) is 0.229. The molecule has 0 aliphatic heterocycles. The number of carbonyl (C=O) groups is 2. The Morgan fingerprint density at radius 3 is 1.97 bits per heavy atom. The molecule has 0 saturated carbocycles. The van der Waals surface area contributed by atoms with Crippen LogP contribution in [0, 0.1) is 0 Å². The van der Waals surface area contributed by atoms with Crippen molar-refractivity contribution in [3.63, 3.8) is 0 Å². The number of phenolic OH excluding ortho intramolecular Hbond substituents is 1. The van der Waals surface area contributed by atoms with Crippen molar-refractivity contribution in [3.05, 3.63) is 76.9 Å². The molecule has 8 nitrogen and oxygen atoms in total. The molecule has 0 aromatic heterocycles. The smallest absolute Gasteiger partial charge is 0.296 e. The van der Waals surface area contributed by atoms with Crippen LogP contribution in [0.4, 0.5) is 17.1 Å². The fraction of sp³-hybridized carbons (Fsp3) is 0. The van der Waals surface area contributed by atoms with E-state index in [4.69, 9.17) is 5.73 Å². The minimum atomic E-state index is -4.78. The summed E-state index contributed by atoms with van der Waals surface area (Å²) < 4.78 is 33.3. The first-order valence-electron chi connectivity index (χ1n) is 8.37. The standard InChI is InChI=1S/C20H14N2O6S/c21-18-15(29(26,27)28)9-14(22-10-5-7-11(23)8-6-10)16-17(18)20(25)13-4-2-1-3-12(13)19(16)24/h1-9,22-23H,21H2,(H,26,27,28). The Morgan fingerprint density at radius 2 is 1.41 bits per heavy atom. The highest BCUT2D eigenvalue weighted by molar-refractivity contribution is 7.86. The highest BCUT2D eigenvalue weighted by Crippen LogP contribution is 2.40. The SMILES string of the molecule is Nc1c(S(=O)(=O)O)cc(Nc2ccc(O)cc2)c2c1C(=O)c1ccccc1C2=O. The van der Waals surface area contributed by atoms with Gasteiger partial charge in [-0.15, -0.1) is 0 Å². The Kier molecular flexibility index (Phi) is 4.14. The molecule has 1 aliphatic carbocycles. The summed E-state index contributed by atoms with van der Waals surface area (Å²) in [6.07, 6.45) is 0. The van der Waals surface area contributed by atoms with Gasteiger partial charge in [0.15, 0.2) is 11.6 Å². The number of nitrogens with two attached hydrogens (primary N) is 1. The molecular weight excluding hydrogens is 396 g/mol. The van der Waals surface area contributed by atoms with Gasteiger partial charge in [0.25, 0.3) is 10.1 Å². The lowest BCUT2D eigenvalue weighted by Gasteiger charge is -2.23. The van der Waals surface area contributed by atoms with Crippen LogP contribution in [-0.2, 0) is 10.1 Å². The molecule has 0 unspecified atom stereocenters. The lowest BCUT2D eigenvalue weighted by molar-refractivity contribution is 0.0980. The minimum Gasteiger partial charge on any atom is -0.508 e. The van der Waals surface area contributed by atoms with E-state index in [0.29, 0.717) is 5.69 Å². The van der Waals surface area contributed by atoms with Gasteiger partial charge in [-0.2, -0.15) is 8.42 Å². The molecule has 3 aromatic rings. The fourth-order valence-corrected chi connectivity index (χ4v) is 3.95. The Morgan fingerprint density at radius 1 is 0.862 bits per heavy atom. The number of carbonyl (C=O) groups excluding carboxylic acids is 2. The molecule has 0 fully saturated rings.